The third kappa shape index (κ3) is 65.1. The van der Waals surface area contributed by atoms with Gasteiger partial charge in [-0.3, -0.25) is 14.4 Å². The van der Waals surface area contributed by atoms with Gasteiger partial charge in [-0.25, -0.2) is 0 Å². The molecule has 1 atom stereocenters. The van der Waals surface area contributed by atoms with E-state index in [1.54, 1.807) is 0 Å². The van der Waals surface area contributed by atoms with Gasteiger partial charge in [0.05, 0.1) is 0 Å². The molecule has 0 aliphatic heterocycles. The van der Waals surface area contributed by atoms with Gasteiger partial charge in [0.15, 0.2) is 6.10 Å². The van der Waals surface area contributed by atoms with E-state index in [9.17, 15) is 14.4 Å². The number of ether oxygens (including phenoxy) is 3. The zero-order valence-electron chi connectivity index (χ0n) is 52.8. The van der Waals surface area contributed by atoms with E-state index in [1.807, 2.05) is 0 Å². The van der Waals surface area contributed by atoms with E-state index >= 15 is 0 Å². The zero-order valence-corrected chi connectivity index (χ0v) is 52.8. The lowest BCUT2D eigenvalue weighted by atomic mass is 10.0. The molecule has 0 aliphatic rings. The second-order valence-corrected chi connectivity index (χ2v) is 22.7. The fourth-order valence-electron chi connectivity index (χ4n) is 9.68. The normalized spacial score (nSPS) is 12.7. The lowest BCUT2D eigenvalue weighted by Gasteiger charge is -2.18. The van der Waals surface area contributed by atoms with E-state index in [0.717, 1.165) is 109 Å². The number of hydrogen-bond donors (Lipinski definition) is 0. The Bertz CT molecular complexity index is 1560. The molecule has 1 unspecified atom stereocenters. The molecule has 0 aromatic rings. The van der Waals surface area contributed by atoms with Crippen LogP contribution in [0.1, 0.15) is 335 Å². The van der Waals surface area contributed by atoms with Crippen molar-refractivity contribution < 1.29 is 28.6 Å². The van der Waals surface area contributed by atoms with Crippen LogP contribution in [0.25, 0.3) is 0 Å². The molecular weight excluding hydrogens is 985 g/mol. The van der Waals surface area contributed by atoms with E-state index in [4.69, 9.17) is 14.2 Å². The zero-order chi connectivity index (χ0) is 57.8. The second kappa shape index (κ2) is 67.8. The van der Waals surface area contributed by atoms with Crippen molar-refractivity contribution >= 4 is 17.9 Å². The average molecular weight is 1110 g/mol. The van der Waals surface area contributed by atoms with Gasteiger partial charge in [0.25, 0.3) is 0 Å². The monoisotopic (exact) mass is 1110 g/mol. The summed E-state index contributed by atoms with van der Waals surface area (Å²) in [5, 5.41) is 0. The lowest BCUT2D eigenvalue weighted by molar-refractivity contribution is -0.167. The average Bonchev–Trinajstić information content (AvgIpc) is 3.46. The lowest BCUT2D eigenvalue weighted by Crippen LogP contribution is -2.30. The quantitative estimate of drug-likeness (QED) is 0.0261. The summed E-state index contributed by atoms with van der Waals surface area (Å²) < 4.78 is 16.9. The van der Waals surface area contributed by atoms with Gasteiger partial charge in [0.1, 0.15) is 13.2 Å². The summed E-state index contributed by atoms with van der Waals surface area (Å²) in [6, 6.07) is 0. The summed E-state index contributed by atoms with van der Waals surface area (Å²) in [5.41, 5.74) is 0. The first-order chi connectivity index (χ1) is 39.5. The number of allylic oxidation sites excluding steroid dienone is 16. The summed E-state index contributed by atoms with van der Waals surface area (Å²) in [6.07, 6.45) is 91.5. The Morgan fingerprint density at radius 2 is 0.512 bits per heavy atom. The molecule has 0 saturated heterocycles. The molecule has 0 N–H and O–H groups in total. The van der Waals surface area contributed by atoms with Crippen molar-refractivity contribution in [3.63, 3.8) is 0 Å². The molecule has 0 heterocycles. The maximum Gasteiger partial charge on any atom is 0.306 e. The molecule has 0 aromatic carbocycles. The number of esters is 3. The Balaban J connectivity index is 4.19. The highest BCUT2D eigenvalue weighted by Gasteiger charge is 2.19. The highest BCUT2D eigenvalue weighted by atomic mass is 16.6. The Labute approximate surface area is 496 Å². The van der Waals surface area contributed by atoms with Gasteiger partial charge in [-0.05, 0) is 116 Å². The molecule has 0 saturated carbocycles. The number of hydrogen-bond acceptors (Lipinski definition) is 6. The summed E-state index contributed by atoms with van der Waals surface area (Å²) in [4.78, 5) is 38.3. The topological polar surface area (TPSA) is 78.9 Å². The first-order valence-electron chi connectivity index (χ1n) is 34.2. The summed E-state index contributed by atoms with van der Waals surface area (Å²) in [6.45, 7) is 6.49. The van der Waals surface area contributed by atoms with Crippen molar-refractivity contribution in [3.05, 3.63) is 97.2 Å². The SMILES string of the molecule is CC/C=C\C/C=C\C/C=C\C/C=C\C/C=C\C/C=C\CCCCCCCCCCCCCCC(=O)OCC(COC(=O)CCCCCCC/C=C\CCC)OC(=O)CCCCCCCCCCC/C=C\CCCCCCCCCC. The van der Waals surface area contributed by atoms with Crippen LogP contribution in [0, 0.1) is 0 Å². The smallest absolute Gasteiger partial charge is 0.306 e. The standard InChI is InChI=1S/C74H128O6/c1-4-7-10-13-16-19-22-24-26-28-30-32-33-34-35-36-37-38-39-40-41-43-44-46-48-50-52-55-58-61-64-67-73(76)79-70-71(69-78-72(75)66-63-60-57-54-21-18-15-12-9-6-3)80-74(77)68-65-62-59-56-53-51-49-47-45-42-31-29-27-25-23-20-17-14-11-8-5-2/h7,10,12,15-16,19,24,26,29-32,34-35,37-38,71H,4-6,8-9,11,13-14,17-18,20-23,25,27-28,33,36,39-70H2,1-3H3/b10-7-,15-12-,19-16-,26-24-,31-29-,32-30-,35-34-,38-37-. The van der Waals surface area contributed by atoms with Crippen LogP contribution in [0.4, 0.5) is 0 Å². The summed E-state index contributed by atoms with van der Waals surface area (Å²) in [7, 11) is 0. The molecule has 80 heavy (non-hydrogen) atoms. The minimum Gasteiger partial charge on any atom is -0.462 e. The molecule has 0 spiro atoms. The van der Waals surface area contributed by atoms with Crippen LogP contribution >= 0.6 is 0 Å². The first-order valence-corrected chi connectivity index (χ1v) is 34.2. The largest absolute Gasteiger partial charge is 0.462 e. The van der Waals surface area contributed by atoms with Crippen LogP contribution in [0.2, 0.25) is 0 Å². The van der Waals surface area contributed by atoms with Gasteiger partial charge in [-0.2, -0.15) is 0 Å². The third-order valence-electron chi connectivity index (χ3n) is 14.8. The Hall–Kier alpha value is -3.67. The highest BCUT2D eigenvalue weighted by molar-refractivity contribution is 5.71. The predicted octanol–water partition coefficient (Wildman–Crippen LogP) is 23.6. The fourth-order valence-corrected chi connectivity index (χ4v) is 9.68. The summed E-state index contributed by atoms with van der Waals surface area (Å²) >= 11 is 0. The van der Waals surface area contributed by atoms with Gasteiger partial charge in [0, 0.05) is 19.3 Å². The number of unbranched alkanes of at least 4 members (excludes halogenated alkanes) is 35. The van der Waals surface area contributed by atoms with Gasteiger partial charge < -0.3 is 14.2 Å². The molecule has 0 radical (unpaired) electrons. The Kier molecular flexibility index (Phi) is 64.7. The van der Waals surface area contributed by atoms with Crippen LogP contribution in [-0.4, -0.2) is 37.2 Å². The van der Waals surface area contributed by atoms with E-state index in [2.05, 4.69) is 118 Å². The molecule has 0 aliphatic carbocycles. The van der Waals surface area contributed by atoms with Crippen molar-refractivity contribution in [2.75, 3.05) is 13.2 Å². The van der Waals surface area contributed by atoms with E-state index in [0.29, 0.717) is 19.3 Å². The number of rotatable bonds is 62. The highest BCUT2D eigenvalue weighted by Crippen LogP contribution is 2.17. The van der Waals surface area contributed by atoms with E-state index < -0.39 is 6.10 Å². The van der Waals surface area contributed by atoms with E-state index in [1.165, 1.54) is 186 Å². The molecule has 460 valence electrons. The van der Waals surface area contributed by atoms with Gasteiger partial charge in [-0.1, -0.05) is 298 Å². The first kappa shape index (κ1) is 76.3. The fraction of sp³-hybridized carbons (Fsp3) is 0.743. The second-order valence-electron chi connectivity index (χ2n) is 22.7. The van der Waals surface area contributed by atoms with Crippen LogP contribution < -0.4 is 0 Å². The maximum atomic E-state index is 12.9. The third-order valence-corrected chi connectivity index (χ3v) is 14.8. The molecule has 0 aromatic heterocycles. The van der Waals surface area contributed by atoms with Gasteiger partial charge >= 0.3 is 17.9 Å². The Morgan fingerprint density at radius 1 is 0.263 bits per heavy atom. The summed E-state index contributed by atoms with van der Waals surface area (Å²) in [5.74, 6) is -0.882. The Morgan fingerprint density at radius 3 is 0.825 bits per heavy atom. The van der Waals surface area contributed by atoms with Gasteiger partial charge in [-0.15, -0.1) is 0 Å². The molecule has 0 rings (SSSR count). The van der Waals surface area contributed by atoms with Crippen LogP contribution in [0.15, 0.2) is 97.2 Å². The molecule has 0 bridgehead atoms. The van der Waals surface area contributed by atoms with Crippen molar-refractivity contribution in [3.8, 4) is 0 Å². The van der Waals surface area contributed by atoms with E-state index in [-0.39, 0.29) is 31.1 Å². The molecule has 0 amide bonds. The number of carbonyl (C=O) groups excluding carboxylic acids is 3. The van der Waals surface area contributed by atoms with Gasteiger partial charge in [0.2, 0.25) is 0 Å². The molecule has 0 fully saturated rings. The number of carbonyl (C=O) groups is 3. The van der Waals surface area contributed by atoms with Crippen molar-refractivity contribution in [2.45, 2.75) is 341 Å². The minimum absolute atomic E-state index is 0.0797. The van der Waals surface area contributed by atoms with Crippen LogP contribution in [0.5, 0.6) is 0 Å². The van der Waals surface area contributed by atoms with Crippen molar-refractivity contribution in [1.82, 2.24) is 0 Å². The predicted molar refractivity (Wildman–Crippen MR) is 348 cm³/mol. The molecular formula is C74H128O6. The van der Waals surface area contributed by atoms with Crippen molar-refractivity contribution in [2.24, 2.45) is 0 Å². The van der Waals surface area contributed by atoms with Crippen LogP contribution in [-0.2, 0) is 28.6 Å². The van der Waals surface area contributed by atoms with Crippen LogP contribution in [0.3, 0.4) is 0 Å². The maximum absolute atomic E-state index is 12.9. The minimum atomic E-state index is -0.782. The van der Waals surface area contributed by atoms with Crippen molar-refractivity contribution in [1.29, 1.82) is 0 Å². The molecule has 6 nitrogen and oxygen atoms in total. The molecule has 6 heteroatoms.